The number of rotatable bonds is 5. The second-order valence-corrected chi connectivity index (χ2v) is 6.45. The third-order valence-electron chi connectivity index (χ3n) is 4.04. The van der Waals surface area contributed by atoms with Crippen molar-refractivity contribution in [3.63, 3.8) is 0 Å². The van der Waals surface area contributed by atoms with E-state index in [9.17, 15) is 9.18 Å². The quantitative estimate of drug-likeness (QED) is 0.817. The molecule has 2 rings (SSSR count). The molecule has 0 radical (unpaired) electrons. The molecule has 5 heteroatoms. The molecule has 1 heterocycles. The SMILES string of the molecule is CC1CCCCN1CCCNC(=O)c1cccc(Br)c1F. The van der Waals surface area contributed by atoms with Gasteiger partial charge in [-0.3, -0.25) is 4.79 Å². The van der Waals surface area contributed by atoms with Crippen LogP contribution in [0.15, 0.2) is 22.7 Å². The van der Waals surface area contributed by atoms with Crippen molar-refractivity contribution in [1.29, 1.82) is 0 Å². The van der Waals surface area contributed by atoms with Crippen LogP contribution in [0.25, 0.3) is 0 Å². The number of benzene rings is 1. The number of hydrogen-bond donors (Lipinski definition) is 1. The third kappa shape index (κ3) is 4.51. The highest BCUT2D eigenvalue weighted by Gasteiger charge is 2.17. The van der Waals surface area contributed by atoms with Crippen molar-refractivity contribution in [3.8, 4) is 0 Å². The van der Waals surface area contributed by atoms with E-state index < -0.39 is 5.82 Å². The lowest BCUT2D eigenvalue weighted by molar-refractivity contribution is 0.0944. The van der Waals surface area contributed by atoms with E-state index in [4.69, 9.17) is 0 Å². The fourth-order valence-electron chi connectivity index (χ4n) is 2.75. The number of carbonyl (C=O) groups is 1. The van der Waals surface area contributed by atoms with Crippen LogP contribution < -0.4 is 5.32 Å². The minimum atomic E-state index is -0.500. The molecule has 1 N–H and O–H groups in total. The molecule has 1 aliphatic rings. The number of hydrogen-bond acceptors (Lipinski definition) is 2. The first-order chi connectivity index (χ1) is 10.1. The monoisotopic (exact) mass is 356 g/mol. The van der Waals surface area contributed by atoms with Crippen LogP contribution in [0.2, 0.25) is 0 Å². The van der Waals surface area contributed by atoms with Crippen LogP contribution in [0.3, 0.4) is 0 Å². The van der Waals surface area contributed by atoms with Crippen molar-refractivity contribution in [3.05, 3.63) is 34.1 Å². The van der Waals surface area contributed by atoms with Gasteiger partial charge in [-0.05, 0) is 60.8 Å². The Morgan fingerprint density at radius 3 is 3.05 bits per heavy atom. The van der Waals surface area contributed by atoms with E-state index in [0.717, 1.165) is 19.5 Å². The summed E-state index contributed by atoms with van der Waals surface area (Å²) in [6.45, 7) is 4.97. The highest BCUT2D eigenvalue weighted by molar-refractivity contribution is 9.10. The number of nitrogens with zero attached hydrogens (tertiary/aromatic N) is 1. The maximum Gasteiger partial charge on any atom is 0.254 e. The number of halogens is 2. The Bertz CT molecular complexity index is 495. The van der Waals surface area contributed by atoms with Gasteiger partial charge >= 0.3 is 0 Å². The summed E-state index contributed by atoms with van der Waals surface area (Å²) in [6, 6.07) is 5.39. The molecule has 0 spiro atoms. The number of likely N-dealkylation sites (tertiary alicyclic amines) is 1. The summed E-state index contributed by atoms with van der Waals surface area (Å²) in [5.74, 6) is -0.847. The Kier molecular flexibility index (Phi) is 6.18. The van der Waals surface area contributed by atoms with E-state index >= 15 is 0 Å². The first-order valence-electron chi connectivity index (χ1n) is 7.56. The normalized spacial score (nSPS) is 19.5. The molecule has 1 amide bonds. The standard InChI is InChI=1S/C16H22BrFN2O/c1-12-6-2-3-10-20(12)11-5-9-19-16(21)13-7-4-8-14(17)15(13)18/h4,7-8,12H,2-3,5-6,9-11H2,1H3,(H,19,21). The van der Waals surface area contributed by atoms with E-state index in [2.05, 4.69) is 33.1 Å². The summed E-state index contributed by atoms with van der Waals surface area (Å²) in [4.78, 5) is 14.4. The van der Waals surface area contributed by atoms with Gasteiger partial charge in [-0.15, -0.1) is 0 Å². The summed E-state index contributed by atoms with van der Waals surface area (Å²) in [5, 5.41) is 2.79. The molecule has 3 nitrogen and oxygen atoms in total. The highest BCUT2D eigenvalue weighted by Crippen LogP contribution is 2.18. The Balaban J connectivity index is 1.75. The minimum absolute atomic E-state index is 0.0933. The Morgan fingerprint density at radius 2 is 2.29 bits per heavy atom. The van der Waals surface area contributed by atoms with Crippen molar-refractivity contribution < 1.29 is 9.18 Å². The lowest BCUT2D eigenvalue weighted by Crippen LogP contribution is -2.39. The van der Waals surface area contributed by atoms with Crippen molar-refractivity contribution >= 4 is 21.8 Å². The maximum absolute atomic E-state index is 13.8. The zero-order valence-electron chi connectivity index (χ0n) is 12.4. The summed E-state index contributed by atoms with van der Waals surface area (Å²) >= 11 is 3.09. The van der Waals surface area contributed by atoms with Gasteiger partial charge in [0.2, 0.25) is 0 Å². The van der Waals surface area contributed by atoms with Crippen LogP contribution >= 0.6 is 15.9 Å². The van der Waals surface area contributed by atoms with E-state index in [1.165, 1.54) is 25.3 Å². The number of nitrogens with one attached hydrogen (secondary N) is 1. The smallest absolute Gasteiger partial charge is 0.254 e. The van der Waals surface area contributed by atoms with Gasteiger partial charge in [0.25, 0.3) is 5.91 Å². The Morgan fingerprint density at radius 1 is 1.48 bits per heavy atom. The molecule has 1 aliphatic heterocycles. The first kappa shape index (κ1) is 16.4. The minimum Gasteiger partial charge on any atom is -0.352 e. The van der Waals surface area contributed by atoms with Crippen LogP contribution in [0.1, 0.15) is 43.0 Å². The maximum atomic E-state index is 13.8. The number of piperidine rings is 1. The number of amides is 1. The zero-order valence-corrected chi connectivity index (χ0v) is 14.0. The fourth-order valence-corrected chi connectivity index (χ4v) is 3.11. The predicted octanol–water partition coefficient (Wildman–Crippen LogP) is 3.58. The van der Waals surface area contributed by atoms with Gasteiger partial charge in [-0.1, -0.05) is 12.5 Å². The largest absolute Gasteiger partial charge is 0.352 e. The van der Waals surface area contributed by atoms with Crippen molar-refractivity contribution in [2.45, 2.75) is 38.6 Å². The van der Waals surface area contributed by atoms with Crippen molar-refractivity contribution in [2.75, 3.05) is 19.6 Å². The van der Waals surface area contributed by atoms with E-state index in [0.29, 0.717) is 17.1 Å². The molecular formula is C16H22BrFN2O. The summed E-state index contributed by atoms with van der Waals surface area (Å²) in [5.41, 5.74) is 0.0933. The molecule has 1 saturated heterocycles. The van der Waals surface area contributed by atoms with Gasteiger partial charge in [0, 0.05) is 19.1 Å². The average Bonchev–Trinajstić information content (AvgIpc) is 2.48. The molecule has 1 fully saturated rings. The lowest BCUT2D eigenvalue weighted by Gasteiger charge is -2.33. The molecule has 0 aromatic heterocycles. The van der Waals surface area contributed by atoms with Crippen LogP contribution in [-0.2, 0) is 0 Å². The van der Waals surface area contributed by atoms with E-state index in [1.54, 1.807) is 12.1 Å². The van der Waals surface area contributed by atoms with Gasteiger partial charge in [-0.2, -0.15) is 0 Å². The van der Waals surface area contributed by atoms with Gasteiger partial charge in [-0.25, -0.2) is 4.39 Å². The van der Waals surface area contributed by atoms with E-state index in [1.807, 2.05) is 0 Å². The fraction of sp³-hybridized carbons (Fsp3) is 0.562. The third-order valence-corrected chi connectivity index (χ3v) is 4.66. The Hall–Kier alpha value is -0.940. The molecule has 1 unspecified atom stereocenters. The van der Waals surface area contributed by atoms with Crippen LogP contribution in [0.4, 0.5) is 4.39 Å². The molecule has 0 saturated carbocycles. The molecule has 0 aliphatic carbocycles. The molecule has 116 valence electrons. The predicted molar refractivity (Wildman–Crippen MR) is 85.9 cm³/mol. The summed E-state index contributed by atoms with van der Waals surface area (Å²) < 4.78 is 14.1. The van der Waals surface area contributed by atoms with Crippen molar-refractivity contribution in [2.24, 2.45) is 0 Å². The molecule has 0 bridgehead atoms. The van der Waals surface area contributed by atoms with Gasteiger partial charge in [0.1, 0.15) is 5.82 Å². The highest BCUT2D eigenvalue weighted by atomic mass is 79.9. The molecule has 1 aromatic rings. The second-order valence-electron chi connectivity index (χ2n) is 5.59. The lowest BCUT2D eigenvalue weighted by atomic mass is 10.0. The zero-order chi connectivity index (χ0) is 15.2. The molecule has 1 atom stereocenters. The Labute approximate surface area is 134 Å². The molecule has 1 aromatic carbocycles. The van der Waals surface area contributed by atoms with E-state index in [-0.39, 0.29) is 11.5 Å². The first-order valence-corrected chi connectivity index (χ1v) is 8.35. The van der Waals surface area contributed by atoms with Gasteiger partial charge in [0.05, 0.1) is 10.0 Å². The topological polar surface area (TPSA) is 32.3 Å². The molecule has 21 heavy (non-hydrogen) atoms. The van der Waals surface area contributed by atoms with Crippen LogP contribution in [0, 0.1) is 5.82 Å². The van der Waals surface area contributed by atoms with Crippen molar-refractivity contribution in [1.82, 2.24) is 10.2 Å². The molecular weight excluding hydrogens is 335 g/mol. The summed E-state index contributed by atoms with van der Waals surface area (Å²) in [7, 11) is 0. The summed E-state index contributed by atoms with van der Waals surface area (Å²) in [6.07, 6.45) is 4.73. The van der Waals surface area contributed by atoms with Crippen LogP contribution in [0.5, 0.6) is 0 Å². The second kappa shape index (κ2) is 7.90. The van der Waals surface area contributed by atoms with Gasteiger partial charge < -0.3 is 10.2 Å². The number of carbonyl (C=O) groups excluding carboxylic acids is 1. The average molecular weight is 357 g/mol. The van der Waals surface area contributed by atoms with Crippen LogP contribution in [-0.4, -0.2) is 36.5 Å². The van der Waals surface area contributed by atoms with Gasteiger partial charge in [0.15, 0.2) is 0 Å².